The molecule has 1 aliphatic rings. The predicted octanol–water partition coefficient (Wildman–Crippen LogP) is 2.65. The maximum Gasteiger partial charge on any atom is 0.259 e. The van der Waals surface area contributed by atoms with Crippen molar-refractivity contribution in [1.29, 1.82) is 0 Å². The number of carbonyl (C=O) groups excluding carboxylic acids is 2. The Morgan fingerprint density at radius 3 is 2.25 bits per heavy atom. The van der Waals surface area contributed by atoms with Gasteiger partial charge in [0.15, 0.2) is 0 Å². The van der Waals surface area contributed by atoms with Crippen LogP contribution in [0.15, 0.2) is 33.3 Å². The summed E-state index contributed by atoms with van der Waals surface area (Å²) in [5.41, 5.74) is 1.78. The van der Waals surface area contributed by atoms with Gasteiger partial charge in [0.1, 0.15) is 11.3 Å². The zero-order chi connectivity index (χ0) is 17.3. The van der Waals surface area contributed by atoms with Crippen LogP contribution >= 0.6 is 15.9 Å². The summed E-state index contributed by atoms with van der Waals surface area (Å²) in [7, 11) is 0. The summed E-state index contributed by atoms with van der Waals surface area (Å²) in [6, 6.07) is 7.34. The lowest BCUT2D eigenvalue weighted by atomic mass is 10.1. The number of amides is 2. The van der Waals surface area contributed by atoms with Crippen molar-refractivity contribution in [2.24, 2.45) is 0 Å². The lowest BCUT2D eigenvalue weighted by molar-refractivity contribution is 0.0534. The molecule has 7 heteroatoms. The van der Waals surface area contributed by atoms with Gasteiger partial charge in [0.05, 0.1) is 5.69 Å². The third kappa shape index (κ3) is 3.21. The molecule has 1 aliphatic heterocycles. The van der Waals surface area contributed by atoms with E-state index in [0.717, 1.165) is 4.47 Å². The van der Waals surface area contributed by atoms with Gasteiger partial charge < -0.3 is 14.3 Å². The highest BCUT2D eigenvalue weighted by Crippen LogP contribution is 2.18. The summed E-state index contributed by atoms with van der Waals surface area (Å²) in [5.74, 6) is 0.437. The smallest absolute Gasteiger partial charge is 0.259 e. The van der Waals surface area contributed by atoms with E-state index in [4.69, 9.17) is 4.52 Å². The molecule has 1 fully saturated rings. The normalized spacial score (nSPS) is 14.8. The van der Waals surface area contributed by atoms with Crippen molar-refractivity contribution in [1.82, 2.24) is 15.0 Å². The van der Waals surface area contributed by atoms with Crippen molar-refractivity contribution in [2.75, 3.05) is 26.2 Å². The third-order valence-electron chi connectivity index (χ3n) is 4.17. The molecular weight excluding hydrogens is 374 g/mol. The first kappa shape index (κ1) is 16.7. The summed E-state index contributed by atoms with van der Waals surface area (Å²) in [5, 5.41) is 3.83. The van der Waals surface area contributed by atoms with Crippen LogP contribution in [0.1, 0.15) is 32.2 Å². The van der Waals surface area contributed by atoms with Crippen LogP contribution in [0.25, 0.3) is 0 Å². The molecule has 3 rings (SSSR count). The van der Waals surface area contributed by atoms with Crippen molar-refractivity contribution >= 4 is 27.7 Å². The molecule has 2 aromatic rings. The summed E-state index contributed by atoms with van der Waals surface area (Å²) in [4.78, 5) is 28.7. The van der Waals surface area contributed by atoms with Gasteiger partial charge in [-0.05, 0) is 32.0 Å². The Kier molecular flexibility index (Phi) is 4.71. The fourth-order valence-corrected chi connectivity index (χ4v) is 3.26. The first-order valence-electron chi connectivity index (χ1n) is 7.74. The third-order valence-corrected chi connectivity index (χ3v) is 4.67. The molecule has 126 valence electrons. The molecule has 0 radical (unpaired) electrons. The number of hydrogen-bond acceptors (Lipinski definition) is 4. The zero-order valence-electron chi connectivity index (χ0n) is 13.6. The lowest BCUT2D eigenvalue weighted by Crippen LogP contribution is -2.50. The van der Waals surface area contributed by atoms with Crippen molar-refractivity contribution in [3.05, 3.63) is 51.3 Å². The van der Waals surface area contributed by atoms with Gasteiger partial charge in [-0.2, -0.15) is 0 Å². The highest BCUT2D eigenvalue weighted by molar-refractivity contribution is 9.10. The molecule has 1 aromatic carbocycles. The first-order valence-corrected chi connectivity index (χ1v) is 8.53. The Morgan fingerprint density at radius 1 is 1.08 bits per heavy atom. The van der Waals surface area contributed by atoms with Crippen molar-refractivity contribution in [3.63, 3.8) is 0 Å². The average Bonchev–Trinajstić information content (AvgIpc) is 2.92. The number of halogens is 1. The average molecular weight is 392 g/mol. The topological polar surface area (TPSA) is 66.7 Å². The summed E-state index contributed by atoms with van der Waals surface area (Å²) < 4.78 is 5.94. The van der Waals surface area contributed by atoms with Crippen LogP contribution in [0.4, 0.5) is 0 Å². The maximum absolute atomic E-state index is 12.6. The minimum atomic E-state index is -0.0826. The van der Waals surface area contributed by atoms with E-state index in [9.17, 15) is 9.59 Å². The van der Waals surface area contributed by atoms with Crippen LogP contribution in [-0.4, -0.2) is 52.9 Å². The highest BCUT2D eigenvalue weighted by atomic mass is 79.9. The van der Waals surface area contributed by atoms with Gasteiger partial charge in [-0.1, -0.05) is 27.2 Å². The molecule has 0 atom stereocenters. The van der Waals surface area contributed by atoms with Crippen LogP contribution in [0.2, 0.25) is 0 Å². The van der Waals surface area contributed by atoms with Crippen molar-refractivity contribution in [2.45, 2.75) is 13.8 Å². The van der Waals surface area contributed by atoms with E-state index in [2.05, 4.69) is 21.1 Å². The van der Waals surface area contributed by atoms with E-state index in [1.54, 1.807) is 29.7 Å². The largest absolute Gasteiger partial charge is 0.361 e. The minimum Gasteiger partial charge on any atom is -0.361 e. The monoisotopic (exact) mass is 391 g/mol. The molecule has 6 nitrogen and oxygen atoms in total. The Morgan fingerprint density at radius 2 is 1.71 bits per heavy atom. The number of hydrogen-bond donors (Lipinski definition) is 0. The molecule has 24 heavy (non-hydrogen) atoms. The second-order valence-electron chi connectivity index (χ2n) is 5.79. The molecule has 0 spiro atoms. The first-order chi connectivity index (χ1) is 11.5. The Balaban J connectivity index is 1.66. The number of piperazine rings is 1. The molecule has 0 N–H and O–H groups in total. The van der Waals surface area contributed by atoms with Crippen LogP contribution in [0, 0.1) is 13.8 Å². The Labute approximate surface area is 148 Å². The fourth-order valence-electron chi connectivity index (χ4n) is 2.86. The SMILES string of the molecule is Cc1noc(C)c1C(=O)N1CCN(C(=O)c2cccc(Br)c2)CC1. The van der Waals surface area contributed by atoms with Gasteiger partial charge in [-0.25, -0.2) is 0 Å². The second-order valence-corrected chi connectivity index (χ2v) is 6.71. The second kappa shape index (κ2) is 6.76. The number of aromatic nitrogens is 1. The maximum atomic E-state index is 12.6. The van der Waals surface area contributed by atoms with Gasteiger partial charge in [0, 0.05) is 36.2 Å². The molecule has 1 aromatic heterocycles. The number of rotatable bonds is 2. The molecule has 0 bridgehead atoms. The number of benzene rings is 1. The highest BCUT2D eigenvalue weighted by Gasteiger charge is 2.28. The quantitative estimate of drug-likeness (QED) is 0.788. The molecule has 2 heterocycles. The Hall–Kier alpha value is -2.15. The van der Waals surface area contributed by atoms with E-state index in [1.807, 2.05) is 18.2 Å². The molecule has 1 saturated heterocycles. The van der Waals surface area contributed by atoms with Gasteiger partial charge in [-0.3, -0.25) is 9.59 Å². The van der Waals surface area contributed by atoms with Gasteiger partial charge in [-0.15, -0.1) is 0 Å². The molecule has 0 saturated carbocycles. The standard InChI is InChI=1S/C17H18BrN3O3/c1-11-15(12(2)24-19-11)17(23)21-8-6-20(7-9-21)16(22)13-4-3-5-14(18)10-13/h3-5,10H,6-9H2,1-2H3. The summed E-state index contributed by atoms with van der Waals surface area (Å²) in [6.07, 6.45) is 0. The van der Waals surface area contributed by atoms with E-state index < -0.39 is 0 Å². The lowest BCUT2D eigenvalue weighted by Gasteiger charge is -2.34. The molecular formula is C17H18BrN3O3. The zero-order valence-corrected chi connectivity index (χ0v) is 15.2. The number of nitrogens with zero attached hydrogens (tertiary/aromatic N) is 3. The fraction of sp³-hybridized carbons (Fsp3) is 0.353. The van der Waals surface area contributed by atoms with Crippen molar-refractivity contribution in [3.8, 4) is 0 Å². The predicted molar refractivity (Wildman–Crippen MR) is 91.9 cm³/mol. The minimum absolute atomic E-state index is 0.0132. The van der Waals surface area contributed by atoms with E-state index in [-0.39, 0.29) is 11.8 Å². The number of carbonyl (C=O) groups is 2. The van der Waals surface area contributed by atoms with Gasteiger partial charge in [0.25, 0.3) is 11.8 Å². The van der Waals surface area contributed by atoms with Gasteiger partial charge >= 0.3 is 0 Å². The van der Waals surface area contributed by atoms with Crippen molar-refractivity contribution < 1.29 is 14.1 Å². The van der Waals surface area contributed by atoms with E-state index >= 15 is 0 Å². The molecule has 0 unspecified atom stereocenters. The molecule has 0 aliphatic carbocycles. The van der Waals surface area contributed by atoms with Crippen LogP contribution in [0.3, 0.4) is 0 Å². The van der Waals surface area contributed by atoms with E-state index in [0.29, 0.717) is 48.8 Å². The van der Waals surface area contributed by atoms with Crippen LogP contribution in [0.5, 0.6) is 0 Å². The number of aryl methyl sites for hydroxylation is 2. The van der Waals surface area contributed by atoms with Crippen LogP contribution in [-0.2, 0) is 0 Å². The Bertz CT molecular complexity index is 760. The summed E-state index contributed by atoms with van der Waals surface area (Å²) >= 11 is 3.38. The summed E-state index contributed by atoms with van der Waals surface area (Å²) in [6.45, 7) is 5.53. The molecule has 2 amide bonds. The van der Waals surface area contributed by atoms with E-state index in [1.165, 1.54) is 0 Å². The van der Waals surface area contributed by atoms with Crippen LogP contribution < -0.4 is 0 Å². The van der Waals surface area contributed by atoms with Gasteiger partial charge in [0.2, 0.25) is 0 Å².